The maximum absolute atomic E-state index is 13.2. The summed E-state index contributed by atoms with van der Waals surface area (Å²) >= 11 is 1.34. The molecule has 6 heteroatoms. The summed E-state index contributed by atoms with van der Waals surface area (Å²) in [5.41, 5.74) is 1.05. The van der Waals surface area contributed by atoms with Crippen LogP contribution < -0.4 is 5.32 Å². The normalized spacial score (nSPS) is 12.7. The van der Waals surface area contributed by atoms with Gasteiger partial charge in [-0.05, 0) is 33.0 Å². The summed E-state index contributed by atoms with van der Waals surface area (Å²) in [4.78, 5) is 5.27. The van der Waals surface area contributed by atoms with E-state index in [1.807, 2.05) is 20.9 Å². The average molecular weight is 286 g/mol. The lowest BCUT2D eigenvalue weighted by atomic mass is 10.2. The number of rotatable bonds is 3. The second-order valence-electron chi connectivity index (χ2n) is 4.23. The van der Waals surface area contributed by atoms with Crippen LogP contribution in [0.25, 0.3) is 10.6 Å². The van der Waals surface area contributed by atoms with Crippen LogP contribution in [0.4, 0.5) is 13.2 Å². The molecule has 2 aromatic rings. The highest BCUT2D eigenvalue weighted by molar-refractivity contribution is 7.15. The molecule has 2 rings (SSSR count). The van der Waals surface area contributed by atoms with Crippen molar-refractivity contribution in [1.29, 1.82) is 0 Å². The summed E-state index contributed by atoms with van der Waals surface area (Å²) in [5.74, 6) is -3.86. The van der Waals surface area contributed by atoms with Crippen LogP contribution in [-0.4, -0.2) is 12.0 Å². The van der Waals surface area contributed by atoms with Crippen molar-refractivity contribution < 1.29 is 13.2 Å². The Labute approximate surface area is 113 Å². The van der Waals surface area contributed by atoms with Crippen molar-refractivity contribution in [2.24, 2.45) is 0 Å². The molecule has 1 aromatic heterocycles. The molecule has 0 spiro atoms. The number of nitrogens with one attached hydrogen (secondary N) is 1. The monoisotopic (exact) mass is 286 g/mol. The largest absolute Gasteiger partial charge is 0.312 e. The van der Waals surface area contributed by atoms with Crippen molar-refractivity contribution in [1.82, 2.24) is 10.3 Å². The zero-order valence-corrected chi connectivity index (χ0v) is 11.5. The number of nitrogens with zero attached hydrogens (tertiary/aromatic N) is 1. The van der Waals surface area contributed by atoms with Crippen molar-refractivity contribution in [2.75, 3.05) is 7.05 Å². The molecular formula is C13H13F3N2S. The van der Waals surface area contributed by atoms with Gasteiger partial charge < -0.3 is 5.32 Å². The first kappa shape index (κ1) is 14.0. The standard InChI is InChI=1S/C13H13F3N2S/c1-6(17-3)12-7(2)18-13(19-12)8-4-9(14)11(16)10(15)5-8/h4-6,17H,1-3H3. The first-order chi connectivity index (χ1) is 8.93. The molecule has 0 saturated heterocycles. The van der Waals surface area contributed by atoms with Crippen LogP contribution in [0.5, 0.6) is 0 Å². The van der Waals surface area contributed by atoms with Gasteiger partial charge in [-0.1, -0.05) is 0 Å². The number of aryl methyl sites for hydroxylation is 1. The molecule has 19 heavy (non-hydrogen) atoms. The van der Waals surface area contributed by atoms with Crippen LogP contribution in [0.3, 0.4) is 0 Å². The topological polar surface area (TPSA) is 24.9 Å². The molecule has 0 amide bonds. The Morgan fingerprint density at radius 2 is 1.79 bits per heavy atom. The number of hydrogen-bond donors (Lipinski definition) is 1. The first-order valence-electron chi connectivity index (χ1n) is 5.73. The highest BCUT2D eigenvalue weighted by Crippen LogP contribution is 2.32. The fourth-order valence-electron chi connectivity index (χ4n) is 1.74. The molecule has 0 aliphatic rings. The summed E-state index contributed by atoms with van der Waals surface area (Å²) in [6.45, 7) is 3.80. The lowest BCUT2D eigenvalue weighted by molar-refractivity contribution is 0.447. The number of halogens is 3. The first-order valence-corrected chi connectivity index (χ1v) is 6.55. The number of hydrogen-bond acceptors (Lipinski definition) is 3. The lowest BCUT2D eigenvalue weighted by Crippen LogP contribution is -2.11. The predicted octanol–water partition coefficient (Wildman–Crippen LogP) is 3.82. The van der Waals surface area contributed by atoms with E-state index in [1.54, 1.807) is 0 Å². The van der Waals surface area contributed by atoms with Crippen LogP contribution in [0.1, 0.15) is 23.5 Å². The number of benzene rings is 1. The second kappa shape index (κ2) is 5.30. The van der Waals surface area contributed by atoms with Gasteiger partial charge in [0.05, 0.1) is 5.69 Å². The molecule has 0 radical (unpaired) electrons. The fraction of sp³-hybridized carbons (Fsp3) is 0.308. The second-order valence-corrected chi connectivity index (χ2v) is 5.26. The van der Waals surface area contributed by atoms with Gasteiger partial charge in [0.15, 0.2) is 17.5 Å². The number of thiazole rings is 1. The van der Waals surface area contributed by atoms with E-state index < -0.39 is 17.5 Å². The van der Waals surface area contributed by atoms with Crippen LogP contribution in [0, 0.1) is 24.4 Å². The van der Waals surface area contributed by atoms with Gasteiger partial charge in [0.25, 0.3) is 0 Å². The molecule has 1 atom stereocenters. The maximum atomic E-state index is 13.2. The van der Waals surface area contributed by atoms with Gasteiger partial charge in [0, 0.05) is 16.5 Å². The van der Waals surface area contributed by atoms with Gasteiger partial charge in [0.1, 0.15) is 5.01 Å². The minimum atomic E-state index is -1.46. The van der Waals surface area contributed by atoms with Gasteiger partial charge in [-0.25, -0.2) is 18.2 Å². The van der Waals surface area contributed by atoms with Crippen molar-refractivity contribution in [2.45, 2.75) is 19.9 Å². The molecular weight excluding hydrogens is 273 g/mol. The summed E-state index contributed by atoms with van der Waals surface area (Å²) in [6.07, 6.45) is 0. The van der Waals surface area contributed by atoms with E-state index in [-0.39, 0.29) is 11.6 Å². The third-order valence-electron chi connectivity index (χ3n) is 2.89. The molecule has 0 bridgehead atoms. The van der Waals surface area contributed by atoms with Gasteiger partial charge >= 0.3 is 0 Å². The van der Waals surface area contributed by atoms with Crippen LogP contribution >= 0.6 is 11.3 Å². The lowest BCUT2D eigenvalue weighted by Gasteiger charge is -2.07. The molecule has 102 valence electrons. The minimum Gasteiger partial charge on any atom is -0.312 e. The number of aromatic nitrogens is 1. The van der Waals surface area contributed by atoms with Gasteiger partial charge in [0.2, 0.25) is 0 Å². The minimum absolute atomic E-state index is 0.0985. The molecule has 1 N–H and O–H groups in total. The highest BCUT2D eigenvalue weighted by atomic mass is 32.1. The molecule has 1 aromatic carbocycles. The Hall–Kier alpha value is -1.40. The zero-order valence-electron chi connectivity index (χ0n) is 10.7. The van der Waals surface area contributed by atoms with E-state index in [0.717, 1.165) is 22.7 Å². The average Bonchev–Trinajstić information content (AvgIpc) is 2.76. The van der Waals surface area contributed by atoms with Crippen LogP contribution in [0.2, 0.25) is 0 Å². The van der Waals surface area contributed by atoms with E-state index in [4.69, 9.17) is 0 Å². The maximum Gasteiger partial charge on any atom is 0.194 e. The molecule has 1 heterocycles. The van der Waals surface area contributed by atoms with Crippen LogP contribution in [0.15, 0.2) is 12.1 Å². The van der Waals surface area contributed by atoms with Crippen molar-refractivity contribution in [3.8, 4) is 10.6 Å². The Morgan fingerprint density at radius 1 is 1.21 bits per heavy atom. The Balaban J connectivity index is 2.48. The van der Waals surface area contributed by atoms with Gasteiger partial charge in [-0.3, -0.25) is 0 Å². The summed E-state index contributed by atoms with van der Waals surface area (Å²) in [5, 5.41) is 3.56. The quantitative estimate of drug-likeness (QED) is 0.868. The molecule has 0 aliphatic heterocycles. The summed E-state index contributed by atoms with van der Waals surface area (Å²) in [6, 6.07) is 2.02. The third-order valence-corrected chi connectivity index (χ3v) is 4.28. The zero-order chi connectivity index (χ0) is 14.2. The Kier molecular flexibility index (Phi) is 3.91. The van der Waals surface area contributed by atoms with Crippen molar-refractivity contribution in [3.63, 3.8) is 0 Å². The highest BCUT2D eigenvalue weighted by Gasteiger charge is 2.17. The van der Waals surface area contributed by atoms with Gasteiger partial charge in [-0.2, -0.15) is 0 Å². The third kappa shape index (κ3) is 2.64. The molecule has 0 fully saturated rings. The fourth-order valence-corrected chi connectivity index (χ4v) is 2.86. The molecule has 2 nitrogen and oxygen atoms in total. The van der Waals surface area contributed by atoms with Crippen molar-refractivity contribution in [3.05, 3.63) is 40.2 Å². The van der Waals surface area contributed by atoms with Gasteiger partial charge in [-0.15, -0.1) is 11.3 Å². The predicted molar refractivity (Wildman–Crippen MR) is 69.6 cm³/mol. The Morgan fingerprint density at radius 3 is 2.32 bits per heavy atom. The van der Waals surface area contributed by atoms with E-state index >= 15 is 0 Å². The SMILES string of the molecule is CNC(C)c1sc(-c2cc(F)c(F)c(F)c2)nc1C. The van der Waals surface area contributed by atoms with Crippen molar-refractivity contribution >= 4 is 11.3 Å². The molecule has 1 unspecified atom stereocenters. The molecule has 0 aliphatic carbocycles. The van der Waals surface area contributed by atoms with E-state index in [1.165, 1.54) is 11.3 Å². The Bertz CT molecular complexity index is 587. The summed E-state index contributed by atoms with van der Waals surface area (Å²) < 4.78 is 39.3. The van der Waals surface area contributed by atoms with E-state index in [9.17, 15) is 13.2 Å². The summed E-state index contributed by atoms with van der Waals surface area (Å²) in [7, 11) is 1.82. The molecule has 0 saturated carbocycles. The smallest absolute Gasteiger partial charge is 0.194 e. The van der Waals surface area contributed by atoms with Crippen LogP contribution in [-0.2, 0) is 0 Å². The van der Waals surface area contributed by atoms with E-state index in [2.05, 4.69) is 10.3 Å². The van der Waals surface area contributed by atoms with E-state index in [0.29, 0.717) is 5.01 Å².